The monoisotopic (exact) mass is 439 g/mol. The molecule has 1 unspecified atom stereocenters. The van der Waals surface area contributed by atoms with Crippen LogP contribution in [0.25, 0.3) is 11.1 Å². The largest absolute Gasteiger partial charge is 0.478 e. The summed E-state index contributed by atoms with van der Waals surface area (Å²) >= 11 is 6.00. The molecule has 0 bridgehead atoms. The Balaban J connectivity index is 1.85. The number of carbonyl (C=O) groups is 2. The Morgan fingerprint density at radius 3 is 2.55 bits per heavy atom. The Bertz CT molecular complexity index is 1300. The third-order valence-electron chi connectivity index (χ3n) is 4.62. The average molecular weight is 440 g/mol. The van der Waals surface area contributed by atoms with Gasteiger partial charge in [-0.2, -0.15) is 5.26 Å². The summed E-state index contributed by atoms with van der Waals surface area (Å²) in [7, 11) is 0. The molecule has 1 atom stereocenters. The van der Waals surface area contributed by atoms with E-state index < -0.39 is 34.9 Å². The third kappa shape index (κ3) is 4.63. The molecule has 0 aliphatic heterocycles. The van der Waals surface area contributed by atoms with Crippen LogP contribution in [0.4, 0.5) is 10.1 Å². The number of hydrogen-bond donors (Lipinski definition) is 2. The van der Waals surface area contributed by atoms with Gasteiger partial charge >= 0.3 is 5.97 Å². The van der Waals surface area contributed by atoms with E-state index in [-0.39, 0.29) is 5.69 Å². The zero-order valence-electron chi connectivity index (χ0n) is 16.1. The number of pyridine rings is 1. The minimum atomic E-state index is -1.42. The van der Waals surface area contributed by atoms with Gasteiger partial charge in [0.1, 0.15) is 11.9 Å². The standard InChI is InChI=1S/C22H15ClFN3O4/c1-12(21(29)26-16-4-5-17(22(30)31)19(24)10-16)27-7-6-13(8-20(27)28)18-9-15(23)3-2-14(18)11-25/h2-10,12H,1H3,(H,26,29)(H,30,31). The van der Waals surface area contributed by atoms with Crippen molar-refractivity contribution in [2.24, 2.45) is 0 Å². The number of carboxylic acids is 1. The van der Waals surface area contributed by atoms with Crippen LogP contribution in [0.2, 0.25) is 5.02 Å². The predicted molar refractivity (Wildman–Crippen MR) is 113 cm³/mol. The molecule has 3 rings (SSSR count). The molecular weight excluding hydrogens is 425 g/mol. The number of nitriles is 1. The first-order valence-electron chi connectivity index (χ1n) is 8.97. The van der Waals surface area contributed by atoms with Crippen molar-refractivity contribution in [3.05, 3.63) is 87.0 Å². The predicted octanol–water partition coefficient (Wildman–Crippen LogP) is 4.08. The van der Waals surface area contributed by atoms with E-state index in [1.54, 1.807) is 24.3 Å². The molecule has 7 nitrogen and oxygen atoms in total. The first kappa shape index (κ1) is 21.7. The maximum absolute atomic E-state index is 13.8. The highest BCUT2D eigenvalue weighted by molar-refractivity contribution is 6.30. The number of aromatic carboxylic acids is 1. The fourth-order valence-corrected chi connectivity index (χ4v) is 3.14. The van der Waals surface area contributed by atoms with Crippen LogP contribution in [0.15, 0.2) is 59.5 Å². The van der Waals surface area contributed by atoms with Crippen molar-refractivity contribution in [2.75, 3.05) is 5.32 Å². The van der Waals surface area contributed by atoms with Crippen molar-refractivity contribution in [1.29, 1.82) is 5.26 Å². The van der Waals surface area contributed by atoms with Gasteiger partial charge in [0.15, 0.2) is 0 Å². The summed E-state index contributed by atoms with van der Waals surface area (Å²) in [5.74, 6) is -3.01. The van der Waals surface area contributed by atoms with E-state index in [0.717, 1.165) is 12.1 Å². The van der Waals surface area contributed by atoms with Gasteiger partial charge in [0, 0.05) is 28.5 Å². The number of amides is 1. The van der Waals surface area contributed by atoms with Crippen molar-refractivity contribution in [2.45, 2.75) is 13.0 Å². The molecule has 0 aliphatic carbocycles. The minimum absolute atomic E-state index is 0.0570. The summed E-state index contributed by atoms with van der Waals surface area (Å²) in [5, 5.41) is 21.0. The summed E-state index contributed by atoms with van der Waals surface area (Å²) < 4.78 is 15.0. The number of carboxylic acid groups (broad SMARTS) is 1. The fraction of sp³-hybridized carbons (Fsp3) is 0.0909. The van der Waals surface area contributed by atoms with Crippen LogP contribution in [-0.4, -0.2) is 21.6 Å². The van der Waals surface area contributed by atoms with Crippen LogP contribution < -0.4 is 10.9 Å². The zero-order valence-corrected chi connectivity index (χ0v) is 16.9. The van der Waals surface area contributed by atoms with Gasteiger partial charge in [-0.25, -0.2) is 9.18 Å². The number of nitrogens with one attached hydrogen (secondary N) is 1. The number of carbonyl (C=O) groups excluding carboxylic acids is 1. The van der Waals surface area contributed by atoms with Crippen LogP contribution in [0.3, 0.4) is 0 Å². The van der Waals surface area contributed by atoms with Crippen LogP contribution in [-0.2, 0) is 4.79 Å². The van der Waals surface area contributed by atoms with Crippen LogP contribution in [0, 0.1) is 17.1 Å². The number of aromatic nitrogens is 1. The topological polar surface area (TPSA) is 112 Å². The van der Waals surface area contributed by atoms with Gasteiger partial charge < -0.3 is 15.0 Å². The SMILES string of the molecule is CC(C(=O)Nc1ccc(C(=O)O)c(F)c1)n1ccc(-c2cc(Cl)ccc2C#N)cc1=O. The van der Waals surface area contributed by atoms with Crippen LogP contribution in [0.1, 0.15) is 28.9 Å². The third-order valence-corrected chi connectivity index (χ3v) is 4.86. The molecule has 9 heteroatoms. The molecule has 0 saturated heterocycles. The maximum atomic E-state index is 13.8. The Labute approximate surface area is 180 Å². The van der Waals surface area contributed by atoms with Crippen LogP contribution >= 0.6 is 11.6 Å². The lowest BCUT2D eigenvalue weighted by Crippen LogP contribution is -2.31. The molecule has 156 valence electrons. The van der Waals surface area contributed by atoms with Gasteiger partial charge in [0.2, 0.25) is 5.91 Å². The van der Waals surface area contributed by atoms with Gasteiger partial charge in [0.05, 0.1) is 17.2 Å². The highest BCUT2D eigenvalue weighted by Crippen LogP contribution is 2.26. The van der Waals surface area contributed by atoms with Crippen molar-refractivity contribution in [3.63, 3.8) is 0 Å². The van der Waals surface area contributed by atoms with E-state index in [1.807, 2.05) is 6.07 Å². The molecule has 1 amide bonds. The number of hydrogen-bond acceptors (Lipinski definition) is 4. The van der Waals surface area contributed by atoms with Crippen molar-refractivity contribution in [3.8, 4) is 17.2 Å². The molecule has 0 saturated carbocycles. The maximum Gasteiger partial charge on any atom is 0.338 e. The molecule has 1 aromatic heterocycles. The van der Waals surface area contributed by atoms with Crippen molar-refractivity contribution in [1.82, 2.24) is 4.57 Å². The number of nitrogens with zero attached hydrogens (tertiary/aromatic N) is 2. The molecular formula is C22H15ClFN3O4. The summed E-state index contributed by atoms with van der Waals surface area (Å²) in [4.78, 5) is 36.0. The molecule has 0 aliphatic rings. The zero-order chi connectivity index (χ0) is 22.7. The fourth-order valence-electron chi connectivity index (χ4n) is 2.97. The summed E-state index contributed by atoms with van der Waals surface area (Å²) in [6, 6.07) is 11.8. The Hall–Kier alpha value is -3.96. The van der Waals surface area contributed by atoms with Gasteiger partial charge in [-0.15, -0.1) is 0 Å². The van der Waals surface area contributed by atoms with Crippen LogP contribution in [0.5, 0.6) is 0 Å². The number of rotatable bonds is 5. The quantitative estimate of drug-likeness (QED) is 0.622. The van der Waals surface area contributed by atoms with E-state index in [2.05, 4.69) is 5.32 Å². The second-order valence-corrected chi connectivity index (χ2v) is 7.06. The first-order valence-corrected chi connectivity index (χ1v) is 9.35. The Morgan fingerprint density at radius 1 is 1.19 bits per heavy atom. The lowest BCUT2D eigenvalue weighted by Gasteiger charge is -2.16. The molecule has 2 aromatic carbocycles. The van der Waals surface area contributed by atoms with E-state index in [4.69, 9.17) is 16.7 Å². The number of anilines is 1. The van der Waals surface area contributed by atoms with Gasteiger partial charge in [-0.05, 0) is 55.0 Å². The highest BCUT2D eigenvalue weighted by Gasteiger charge is 2.18. The highest BCUT2D eigenvalue weighted by atomic mass is 35.5. The van der Waals surface area contributed by atoms with E-state index in [9.17, 15) is 24.0 Å². The number of halogens is 2. The number of benzene rings is 2. The van der Waals surface area contributed by atoms with Crippen molar-refractivity contribution >= 4 is 29.2 Å². The molecule has 1 heterocycles. The molecule has 31 heavy (non-hydrogen) atoms. The summed E-state index contributed by atoms with van der Waals surface area (Å²) in [6.07, 6.45) is 1.41. The van der Waals surface area contributed by atoms with E-state index in [1.165, 1.54) is 29.8 Å². The first-order chi connectivity index (χ1) is 14.7. The lowest BCUT2D eigenvalue weighted by atomic mass is 10.0. The Morgan fingerprint density at radius 2 is 1.94 bits per heavy atom. The van der Waals surface area contributed by atoms with E-state index in [0.29, 0.717) is 21.7 Å². The smallest absolute Gasteiger partial charge is 0.338 e. The molecule has 0 spiro atoms. The normalized spacial score (nSPS) is 11.4. The second kappa shape index (κ2) is 8.81. The second-order valence-electron chi connectivity index (χ2n) is 6.63. The van der Waals surface area contributed by atoms with Gasteiger partial charge in [-0.3, -0.25) is 9.59 Å². The average Bonchev–Trinajstić information content (AvgIpc) is 2.73. The minimum Gasteiger partial charge on any atom is -0.478 e. The van der Waals surface area contributed by atoms with Gasteiger partial charge in [0.25, 0.3) is 5.56 Å². The summed E-state index contributed by atoms with van der Waals surface area (Å²) in [6.45, 7) is 1.48. The van der Waals surface area contributed by atoms with Crippen molar-refractivity contribution < 1.29 is 19.1 Å². The van der Waals surface area contributed by atoms with Gasteiger partial charge in [-0.1, -0.05) is 11.6 Å². The molecule has 3 aromatic rings. The molecule has 0 fully saturated rings. The Kier molecular flexibility index (Phi) is 6.18. The van der Waals surface area contributed by atoms with E-state index >= 15 is 0 Å². The summed E-state index contributed by atoms with van der Waals surface area (Å²) in [5.41, 5.74) is 0.359. The molecule has 0 radical (unpaired) electrons. The lowest BCUT2D eigenvalue weighted by molar-refractivity contribution is -0.118. The molecule has 2 N–H and O–H groups in total.